The van der Waals surface area contributed by atoms with Gasteiger partial charge < -0.3 is 10.2 Å². The Morgan fingerprint density at radius 3 is 2.83 bits per heavy atom. The number of thioether (sulfide) groups is 1. The molecule has 0 saturated carbocycles. The Labute approximate surface area is 133 Å². The van der Waals surface area contributed by atoms with Crippen molar-refractivity contribution in [1.82, 2.24) is 15.0 Å². The first-order valence-corrected chi connectivity index (χ1v) is 7.57. The molecule has 0 aliphatic heterocycles. The molecule has 120 valence electrons. The highest BCUT2D eigenvalue weighted by Gasteiger charge is 2.33. The Balaban J connectivity index is 1.67. The molecular weight excluding hydrogens is 329 g/mol. The number of pyridine rings is 1. The van der Waals surface area contributed by atoms with Crippen LogP contribution in [0.25, 0.3) is 11.0 Å². The summed E-state index contributed by atoms with van der Waals surface area (Å²) in [5.41, 5.74) is 5.87. The third-order valence-corrected chi connectivity index (χ3v) is 3.85. The van der Waals surface area contributed by atoms with Gasteiger partial charge in [0.1, 0.15) is 5.82 Å². The van der Waals surface area contributed by atoms with Crippen molar-refractivity contribution in [2.24, 2.45) is 0 Å². The Morgan fingerprint density at radius 2 is 2.04 bits per heavy atom. The Morgan fingerprint density at radius 1 is 1.22 bits per heavy atom. The average Bonchev–Trinajstić information content (AvgIpc) is 2.93. The molecule has 0 aliphatic carbocycles. The number of hydrogen-bond donors (Lipinski definition) is 1. The topological polar surface area (TPSA) is 77.8 Å². The second-order valence-electron chi connectivity index (χ2n) is 4.69. The highest BCUT2D eigenvalue weighted by molar-refractivity contribution is 7.99. The zero-order valence-electron chi connectivity index (χ0n) is 11.7. The lowest BCUT2D eigenvalue weighted by Crippen LogP contribution is -2.11. The molecule has 0 unspecified atom stereocenters. The molecule has 5 nitrogen and oxygen atoms in total. The molecule has 0 saturated heterocycles. The fraction of sp³-hybridized carbons (Fsp3) is 0.214. The summed E-state index contributed by atoms with van der Waals surface area (Å²) < 4.78 is 43.2. The summed E-state index contributed by atoms with van der Waals surface area (Å²) in [6, 6.07) is 4.42. The lowest BCUT2D eigenvalue weighted by Gasteiger charge is -2.08. The molecule has 0 amide bonds. The predicted octanol–water partition coefficient (Wildman–Crippen LogP) is 3.55. The van der Waals surface area contributed by atoms with E-state index in [1.807, 2.05) is 12.1 Å². The molecule has 3 aromatic heterocycles. The van der Waals surface area contributed by atoms with Crippen LogP contribution >= 0.6 is 11.8 Å². The van der Waals surface area contributed by atoms with Crippen molar-refractivity contribution in [2.75, 3.05) is 11.5 Å². The van der Waals surface area contributed by atoms with E-state index < -0.39 is 11.9 Å². The monoisotopic (exact) mass is 340 g/mol. The molecule has 0 aromatic carbocycles. The number of nitrogens with zero attached hydrogens (tertiary/aromatic N) is 3. The molecule has 3 heterocycles. The van der Waals surface area contributed by atoms with Crippen LogP contribution in [0.1, 0.15) is 11.4 Å². The van der Waals surface area contributed by atoms with Gasteiger partial charge in [-0.05, 0) is 18.6 Å². The van der Waals surface area contributed by atoms with Gasteiger partial charge >= 0.3 is 6.18 Å². The Kier molecular flexibility index (Phi) is 4.12. The van der Waals surface area contributed by atoms with Crippen molar-refractivity contribution < 1.29 is 17.6 Å². The highest BCUT2D eigenvalue weighted by Crippen LogP contribution is 2.30. The summed E-state index contributed by atoms with van der Waals surface area (Å²) in [4.78, 5) is 11.5. The second-order valence-corrected chi connectivity index (χ2v) is 5.75. The molecule has 3 rings (SSSR count). The minimum Gasteiger partial charge on any atom is -0.463 e. The maximum Gasteiger partial charge on any atom is 0.433 e. The first kappa shape index (κ1) is 15.6. The molecular formula is C14H11F3N4OS. The number of nitrogens with two attached hydrogens (primary N) is 1. The Bertz CT molecular complexity index is 834. The van der Waals surface area contributed by atoms with Crippen LogP contribution in [0.3, 0.4) is 0 Å². The van der Waals surface area contributed by atoms with Gasteiger partial charge in [0.25, 0.3) is 0 Å². The summed E-state index contributed by atoms with van der Waals surface area (Å²) >= 11 is 1.10. The van der Waals surface area contributed by atoms with Crippen LogP contribution in [0.5, 0.6) is 0 Å². The average molecular weight is 340 g/mol. The van der Waals surface area contributed by atoms with Gasteiger partial charge in [-0.3, -0.25) is 4.98 Å². The van der Waals surface area contributed by atoms with E-state index in [4.69, 9.17) is 10.2 Å². The van der Waals surface area contributed by atoms with E-state index in [0.29, 0.717) is 17.8 Å². The number of aromatic nitrogens is 3. The second kappa shape index (κ2) is 6.07. The van der Waals surface area contributed by atoms with E-state index in [2.05, 4.69) is 15.0 Å². The van der Waals surface area contributed by atoms with Crippen molar-refractivity contribution in [3.05, 3.63) is 42.0 Å². The number of fused-ring (bicyclic) bond motifs is 1. The predicted molar refractivity (Wildman–Crippen MR) is 79.9 cm³/mol. The number of alkyl halides is 3. The minimum atomic E-state index is -4.54. The number of anilines is 1. The number of furan rings is 1. The summed E-state index contributed by atoms with van der Waals surface area (Å²) in [5, 5.41) is 0.932. The molecule has 0 atom stereocenters. The third kappa shape index (κ3) is 3.73. The third-order valence-electron chi connectivity index (χ3n) is 3.00. The van der Waals surface area contributed by atoms with Crippen molar-refractivity contribution in [3.63, 3.8) is 0 Å². The fourth-order valence-corrected chi connectivity index (χ4v) is 2.78. The molecule has 3 aromatic rings. The number of aryl methyl sites for hydroxylation is 1. The van der Waals surface area contributed by atoms with Gasteiger partial charge in [-0.15, -0.1) is 0 Å². The zero-order chi connectivity index (χ0) is 16.4. The van der Waals surface area contributed by atoms with E-state index in [0.717, 1.165) is 28.9 Å². The standard InChI is InChI=1S/C14H11F3N4OS/c15-14(16,17)11-6-12(18)21-13(20-11)23-4-2-9-5-8-1-3-22-10(8)7-19-9/h1,3,5-7H,2,4H2,(H2,18,20,21). The minimum absolute atomic E-state index is 0.00159. The lowest BCUT2D eigenvalue weighted by atomic mass is 10.2. The number of hydrogen-bond acceptors (Lipinski definition) is 6. The normalized spacial score (nSPS) is 12.0. The van der Waals surface area contributed by atoms with E-state index in [1.165, 1.54) is 0 Å². The number of nitrogen functional groups attached to an aromatic ring is 1. The summed E-state index contributed by atoms with van der Waals surface area (Å²) in [5.74, 6) is 0.282. The van der Waals surface area contributed by atoms with Gasteiger partial charge in [-0.2, -0.15) is 13.2 Å². The number of rotatable bonds is 4. The SMILES string of the molecule is Nc1cc(C(F)(F)F)nc(SCCc2cc3ccoc3cn2)n1. The van der Waals surface area contributed by atoms with Gasteiger partial charge in [0, 0.05) is 22.9 Å². The van der Waals surface area contributed by atoms with Crippen LogP contribution < -0.4 is 5.73 Å². The molecule has 0 radical (unpaired) electrons. The molecule has 0 aliphatic rings. The smallest absolute Gasteiger partial charge is 0.433 e. The first-order valence-electron chi connectivity index (χ1n) is 6.58. The van der Waals surface area contributed by atoms with Gasteiger partial charge in [-0.25, -0.2) is 9.97 Å². The molecule has 0 bridgehead atoms. The zero-order valence-corrected chi connectivity index (χ0v) is 12.5. The van der Waals surface area contributed by atoms with Crippen LogP contribution in [0, 0.1) is 0 Å². The van der Waals surface area contributed by atoms with Crippen molar-refractivity contribution in [1.29, 1.82) is 0 Å². The van der Waals surface area contributed by atoms with Crippen molar-refractivity contribution in [3.8, 4) is 0 Å². The number of halogens is 3. The van der Waals surface area contributed by atoms with Crippen molar-refractivity contribution >= 4 is 28.5 Å². The van der Waals surface area contributed by atoms with E-state index in [-0.39, 0.29) is 11.0 Å². The molecule has 0 spiro atoms. The summed E-state index contributed by atoms with van der Waals surface area (Å²) in [7, 11) is 0. The lowest BCUT2D eigenvalue weighted by molar-refractivity contribution is -0.141. The first-order chi connectivity index (χ1) is 10.9. The summed E-state index contributed by atoms with van der Waals surface area (Å²) in [6.45, 7) is 0. The van der Waals surface area contributed by atoms with Crippen LogP contribution in [-0.2, 0) is 12.6 Å². The fourth-order valence-electron chi connectivity index (χ4n) is 1.95. The van der Waals surface area contributed by atoms with E-state index >= 15 is 0 Å². The highest BCUT2D eigenvalue weighted by atomic mass is 32.2. The van der Waals surface area contributed by atoms with Crippen LogP contribution in [0.4, 0.5) is 19.0 Å². The maximum absolute atomic E-state index is 12.7. The molecule has 23 heavy (non-hydrogen) atoms. The molecule has 2 N–H and O–H groups in total. The molecule has 0 fully saturated rings. The maximum atomic E-state index is 12.7. The van der Waals surface area contributed by atoms with Crippen LogP contribution in [0.2, 0.25) is 0 Å². The summed E-state index contributed by atoms with van der Waals surface area (Å²) in [6.07, 6.45) is -0.788. The van der Waals surface area contributed by atoms with E-state index in [9.17, 15) is 13.2 Å². The largest absolute Gasteiger partial charge is 0.463 e. The van der Waals surface area contributed by atoms with E-state index in [1.54, 1.807) is 12.5 Å². The van der Waals surface area contributed by atoms with Gasteiger partial charge in [0.2, 0.25) is 0 Å². The quantitative estimate of drug-likeness (QED) is 0.578. The van der Waals surface area contributed by atoms with Gasteiger partial charge in [0.15, 0.2) is 16.4 Å². The van der Waals surface area contributed by atoms with Crippen LogP contribution in [-0.4, -0.2) is 20.7 Å². The van der Waals surface area contributed by atoms with Crippen molar-refractivity contribution in [2.45, 2.75) is 17.8 Å². The molecule has 9 heteroatoms. The Hall–Kier alpha value is -2.29. The van der Waals surface area contributed by atoms with Gasteiger partial charge in [-0.1, -0.05) is 11.8 Å². The van der Waals surface area contributed by atoms with Crippen LogP contribution in [0.15, 0.2) is 40.2 Å². The van der Waals surface area contributed by atoms with Gasteiger partial charge in [0.05, 0.1) is 12.5 Å².